The highest BCUT2D eigenvalue weighted by atomic mass is 35.5. The minimum atomic E-state index is -0.962. The summed E-state index contributed by atoms with van der Waals surface area (Å²) < 4.78 is 21.6. The number of nitrogens with zero attached hydrogens (tertiary/aromatic N) is 10. The molecule has 0 atom stereocenters. The van der Waals surface area contributed by atoms with Gasteiger partial charge in [0.2, 0.25) is 0 Å². The Balaban J connectivity index is 0.000000150. The lowest BCUT2D eigenvalue weighted by atomic mass is 10.0. The number of aromatic carboxylic acids is 1. The van der Waals surface area contributed by atoms with Crippen molar-refractivity contribution in [2.24, 2.45) is 0 Å². The fraction of sp³-hybridized carbons (Fsp3) is 0.275. The van der Waals surface area contributed by atoms with Gasteiger partial charge in [-0.25, -0.2) is 14.4 Å². The first kappa shape index (κ1) is 71.0. The van der Waals surface area contributed by atoms with Crippen molar-refractivity contribution in [2.45, 2.75) is 88.9 Å². The van der Waals surface area contributed by atoms with Gasteiger partial charge in [-0.3, -0.25) is 4.79 Å². The maximum atomic E-state index is 13.6. The number of carbonyl (C=O) groups excluding carboxylic acids is 3. The van der Waals surface area contributed by atoms with E-state index in [9.17, 15) is 24.3 Å². The van der Waals surface area contributed by atoms with Crippen LogP contribution in [0.25, 0.3) is 44.5 Å². The van der Waals surface area contributed by atoms with Crippen LogP contribution >= 0.6 is 80.4 Å². The number of ether oxygens (including phenoxy) is 3. The van der Waals surface area contributed by atoms with Crippen LogP contribution in [0.15, 0.2) is 114 Å². The van der Waals surface area contributed by atoms with Gasteiger partial charge in [0, 0.05) is 78.2 Å². The van der Waals surface area contributed by atoms with E-state index in [2.05, 4.69) is 47.1 Å². The molecular weight excluding hydrogens is 1350 g/mol. The van der Waals surface area contributed by atoms with Crippen LogP contribution in [0.4, 0.5) is 0 Å². The van der Waals surface area contributed by atoms with E-state index in [1.54, 1.807) is 47.1 Å². The number of aromatic nitrogens is 10. The first-order valence-electron chi connectivity index (χ1n) is 30.1. The lowest BCUT2D eigenvalue weighted by Crippen LogP contribution is -2.41. The quantitative estimate of drug-likeness (QED) is 0.0858. The van der Waals surface area contributed by atoms with Gasteiger partial charge in [0.15, 0.2) is 0 Å². The number of hydrogen-bond donors (Lipinski definition) is 2. The Labute approximate surface area is 582 Å². The molecule has 0 spiro atoms. The second kappa shape index (κ2) is 32.4. The van der Waals surface area contributed by atoms with Crippen LogP contribution in [0.1, 0.15) is 116 Å². The van der Waals surface area contributed by atoms with Crippen molar-refractivity contribution in [2.75, 3.05) is 39.5 Å². The number of carboxylic acid groups (broad SMARTS) is 1. The van der Waals surface area contributed by atoms with Gasteiger partial charge in [-0.05, 0) is 162 Å². The van der Waals surface area contributed by atoms with Crippen molar-refractivity contribution in [3.05, 3.63) is 217 Å². The molecule has 4 aromatic carbocycles. The summed E-state index contributed by atoms with van der Waals surface area (Å²) in [6.07, 6.45) is 0. The smallest absolute Gasteiger partial charge is 0.355 e. The Morgan fingerprint density at radius 2 is 0.821 bits per heavy atom. The Hall–Kier alpha value is -8.32. The number of halogens is 4. The van der Waals surface area contributed by atoms with Crippen LogP contribution in [0.2, 0.25) is 20.1 Å². The minimum Gasteiger partial charge on any atom is -0.477 e. The molecule has 1 saturated heterocycles. The van der Waals surface area contributed by atoms with Gasteiger partial charge in [0.1, 0.15) is 54.3 Å². The molecule has 494 valence electrons. The summed E-state index contributed by atoms with van der Waals surface area (Å²) in [5, 5.41) is 38.8. The van der Waals surface area contributed by atoms with Crippen molar-refractivity contribution in [1.82, 2.24) is 54.2 Å². The fourth-order valence-electron chi connectivity index (χ4n) is 11.1. The fourth-order valence-corrected chi connectivity index (χ4v) is 13.2. The molecule has 0 saturated carbocycles. The van der Waals surface area contributed by atoms with Crippen LogP contribution in [0.5, 0.6) is 0 Å². The summed E-state index contributed by atoms with van der Waals surface area (Å²) in [6, 6.07) is 29.8. The van der Waals surface area contributed by atoms with Gasteiger partial charge in [0.05, 0.1) is 46.1 Å². The molecule has 7 aromatic heterocycles. The molecule has 1 aliphatic rings. The van der Waals surface area contributed by atoms with E-state index in [1.807, 2.05) is 143 Å². The third-order valence-corrected chi connectivity index (χ3v) is 19.3. The largest absolute Gasteiger partial charge is 0.477 e. The minimum absolute atomic E-state index is 0.0222. The van der Waals surface area contributed by atoms with Crippen LogP contribution in [0.3, 0.4) is 0 Å². The van der Waals surface area contributed by atoms with Crippen LogP contribution in [-0.2, 0) is 33.8 Å². The normalized spacial score (nSPS) is 11.9. The monoisotopic (exact) mass is 1420 g/mol. The maximum absolute atomic E-state index is 13.6. The number of benzene rings is 4. The highest BCUT2D eigenvalue weighted by Crippen LogP contribution is 2.38. The molecule has 1 amide bonds. The highest BCUT2D eigenvalue weighted by Gasteiger charge is 2.31. The number of rotatable bonds is 16. The molecule has 0 bridgehead atoms. The van der Waals surface area contributed by atoms with E-state index in [4.69, 9.17) is 60.6 Å². The van der Waals surface area contributed by atoms with E-state index in [0.29, 0.717) is 96.3 Å². The van der Waals surface area contributed by atoms with Gasteiger partial charge in [0.25, 0.3) is 5.91 Å². The molecule has 95 heavy (non-hydrogen) atoms. The Kier molecular flexibility index (Phi) is 24.2. The summed E-state index contributed by atoms with van der Waals surface area (Å²) in [5.41, 5.74) is 22.2. The van der Waals surface area contributed by atoms with Crippen LogP contribution in [0, 0.1) is 55.4 Å². The Morgan fingerprint density at radius 1 is 0.484 bits per heavy atom. The van der Waals surface area contributed by atoms with Crippen LogP contribution in [-0.4, -0.2) is 123 Å². The van der Waals surface area contributed by atoms with Crippen molar-refractivity contribution >= 4 is 104 Å². The number of aryl methyl sites for hydroxylation is 1. The van der Waals surface area contributed by atoms with Crippen LogP contribution < -0.4 is 0 Å². The summed E-state index contributed by atoms with van der Waals surface area (Å²) >= 11 is 28.3. The number of morpholine rings is 1. The first-order valence-corrected chi connectivity index (χ1v) is 34.3. The van der Waals surface area contributed by atoms with E-state index in [-0.39, 0.29) is 23.5 Å². The summed E-state index contributed by atoms with van der Waals surface area (Å²) in [4.78, 5) is 55.1. The second-order valence-electron chi connectivity index (χ2n) is 21.9. The number of aromatic amines is 1. The predicted molar refractivity (Wildman–Crippen MR) is 376 cm³/mol. The van der Waals surface area contributed by atoms with Gasteiger partial charge in [-0.15, -0.1) is 64.6 Å². The van der Waals surface area contributed by atoms with Crippen molar-refractivity contribution in [3.63, 3.8) is 0 Å². The number of hydrogen-bond acceptors (Lipinski definition) is 16. The molecule has 0 unspecified atom stereocenters. The molecule has 11 aromatic rings. The SMILES string of the molecule is CCOC(=O)c1[nH]c(C)c(C)c1-c1ccc(Cl)cc1.CCOC(=O)c1c(-c2ccc(Cl)cc2)c(C)c(C)n1Cc1nncs1.Cc1c(-c2ccc(Cl)cc2)c(C(=O)N2CCOCC2)n(Cc2nncs2)c1C.Cc1c(-c2ccc(Cl)cc2)c(C(=O)O)n(Cc2nncs2)c1C. The Morgan fingerprint density at radius 3 is 1.18 bits per heavy atom. The molecule has 1 aliphatic heterocycles. The summed E-state index contributed by atoms with van der Waals surface area (Å²) in [6.45, 7) is 23.9. The maximum Gasteiger partial charge on any atom is 0.355 e. The average molecular weight is 1420 g/mol. The molecule has 0 radical (unpaired) electrons. The molecule has 8 heterocycles. The average Bonchev–Trinajstić information content (AvgIpc) is 1.65. The number of esters is 2. The van der Waals surface area contributed by atoms with E-state index in [1.165, 1.54) is 34.0 Å². The van der Waals surface area contributed by atoms with E-state index < -0.39 is 5.97 Å². The predicted octanol–water partition coefficient (Wildman–Crippen LogP) is 16.5. The third kappa shape index (κ3) is 16.5. The zero-order valence-corrected chi connectivity index (χ0v) is 59.3. The second-order valence-corrected chi connectivity index (χ2v) is 26.4. The first-order chi connectivity index (χ1) is 45.6. The summed E-state index contributed by atoms with van der Waals surface area (Å²) in [7, 11) is 0. The molecule has 12 rings (SSSR count). The van der Waals surface area contributed by atoms with Crippen molar-refractivity contribution in [3.8, 4) is 44.5 Å². The summed E-state index contributed by atoms with van der Waals surface area (Å²) in [5.74, 6) is -1.61. The highest BCUT2D eigenvalue weighted by molar-refractivity contribution is 7.09. The van der Waals surface area contributed by atoms with Gasteiger partial charge in [-0.2, -0.15) is 0 Å². The topological polar surface area (TPSA) is 227 Å². The van der Waals surface area contributed by atoms with E-state index >= 15 is 0 Å². The lowest BCUT2D eigenvalue weighted by molar-refractivity contribution is 0.0296. The number of H-pyrrole nitrogens is 1. The van der Waals surface area contributed by atoms with Gasteiger partial charge in [-0.1, -0.05) is 94.9 Å². The number of carbonyl (C=O) groups is 4. The van der Waals surface area contributed by atoms with Gasteiger partial charge < -0.3 is 42.9 Å². The lowest BCUT2D eigenvalue weighted by Gasteiger charge is -2.28. The third-order valence-electron chi connectivity index (χ3n) is 16.3. The van der Waals surface area contributed by atoms with Gasteiger partial charge >= 0.3 is 17.9 Å². The number of nitrogens with one attached hydrogen (secondary N) is 1. The molecule has 19 nitrogen and oxygen atoms in total. The van der Waals surface area contributed by atoms with Crippen molar-refractivity contribution < 1.29 is 38.5 Å². The molecule has 1 fully saturated rings. The zero-order valence-electron chi connectivity index (χ0n) is 53.8. The standard InChI is InChI=1S/C20H21ClN4O2S.C18H18ClN3O2S.C16H14ClN3O2S.C15H16ClNO2/c1-13-14(2)25(11-17-23-22-12-28-17)19(20(26)24-7-9-27-10-8-24)18(13)15-3-5-16(21)6-4-15;1-4-24-18(23)17-16(13-5-7-14(19)8-6-13)11(2)12(3)22(17)9-15-21-20-10-25-15;1-9-10(2)20(7-13-19-18-8-23-13)15(16(21)22)14(9)11-3-5-12(17)6-4-11;1-4-19-15(18)14-13(9(2)10(3)17-14)11-5-7-12(16)8-6-11/h3-6,12H,7-11H2,1-2H3;5-8,10H,4,9H2,1-3H3;3-6,8H,7H2,1-2H3,(H,21,22);5-8,17H,4H2,1-3H3. The van der Waals surface area contributed by atoms with E-state index in [0.717, 1.165) is 105 Å². The number of carboxylic acids is 1. The molecule has 26 heteroatoms. The number of amides is 1. The molecular formula is C69H69Cl4N11O8S3. The molecule has 2 N–H and O–H groups in total. The van der Waals surface area contributed by atoms with Crippen molar-refractivity contribution in [1.29, 1.82) is 0 Å². The zero-order chi connectivity index (χ0) is 68.2. The Bertz CT molecular complexity index is 4450. The molecule has 0 aliphatic carbocycles.